The Morgan fingerprint density at radius 1 is 1.26 bits per heavy atom. The third-order valence-electron chi connectivity index (χ3n) is 4.87. The summed E-state index contributed by atoms with van der Waals surface area (Å²) in [5.74, 6) is 1.25. The number of hydrogen-bond donors (Lipinski definition) is 4. The van der Waals surface area contributed by atoms with Gasteiger partial charge in [0.1, 0.15) is 11.9 Å². The van der Waals surface area contributed by atoms with Crippen molar-refractivity contribution < 1.29 is 22.7 Å². The van der Waals surface area contributed by atoms with E-state index in [0.717, 1.165) is 31.2 Å². The second kappa shape index (κ2) is 9.46. The molecule has 1 saturated carbocycles. The molecule has 1 fully saturated rings. The molecule has 0 radical (unpaired) electrons. The molecule has 4 N–H and O–H groups in total. The van der Waals surface area contributed by atoms with Gasteiger partial charge < -0.3 is 20.1 Å². The molecule has 1 aromatic carbocycles. The number of anilines is 3. The molecule has 11 heteroatoms. The summed E-state index contributed by atoms with van der Waals surface area (Å²) in [4.78, 5) is 11.8. The quantitative estimate of drug-likeness (QED) is 0.484. The maximum Gasteiger partial charge on any atom is 0.407 e. The number of sulfonamides is 1. The van der Waals surface area contributed by atoms with Crippen molar-refractivity contribution in [1.82, 2.24) is 15.5 Å². The van der Waals surface area contributed by atoms with Gasteiger partial charge in [-0.25, -0.2) is 13.2 Å². The zero-order valence-corrected chi connectivity index (χ0v) is 18.9. The average Bonchev–Trinajstić information content (AvgIpc) is 3.30. The number of carbonyl (C=O) groups excluding carboxylic acids is 1. The van der Waals surface area contributed by atoms with Crippen molar-refractivity contribution in [3.63, 3.8) is 0 Å². The first kappa shape index (κ1) is 22.7. The Morgan fingerprint density at radius 3 is 2.71 bits per heavy atom. The highest BCUT2D eigenvalue weighted by molar-refractivity contribution is 7.92. The lowest BCUT2D eigenvalue weighted by Gasteiger charge is -2.14. The van der Waals surface area contributed by atoms with Crippen LogP contribution >= 0.6 is 0 Å². The zero-order valence-electron chi connectivity index (χ0n) is 18.1. The molecule has 2 atom stereocenters. The summed E-state index contributed by atoms with van der Waals surface area (Å²) in [6.07, 6.45) is 3.05. The molecular weight excluding hydrogens is 422 g/mol. The molecule has 1 aliphatic rings. The van der Waals surface area contributed by atoms with Crippen LogP contribution in [0.2, 0.25) is 0 Å². The normalized spacial score (nSPS) is 18.6. The summed E-state index contributed by atoms with van der Waals surface area (Å²) in [5, 5.41) is 13.3. The first-order valence-electron chi connectivity index (χ1n) is 10.1. The Morgan fingerprint density at radius 2 is 2.03 bits per heavy atom. The number of hydrogen-bond acceptors (Lipinski definition) is 7. The fourth-order valence-corrected chi connectivity index (χ4v) is 4.13. The van der Waals surface area contributed by atoms with Crippen molar-refractivity contribution in [3.05, 3.63) is 30.0 Å². The molecule has 0 saturated heterocycles. The maximum absolute atomic E-state index is 11.8. The van der Waals surface area contributed by atoms with E-state index < -0.39 is 10.0 Å². The van der Waals surface area contributed by atoms with Gasteiger partial charge in [-0.2, -0.15) is 5.10 Å². The number of aromatic amines is 1. The minimum Gasteiger partial charge on any atom is -0.494 e. The van der Waals surface area contributed by atoms with Crippen LogP contribution in [0.4, 0.5) is 22.0 Å². The van der Waals surface area contributed by atoms with E-state index in [9.17, 15) is 13.2 Å². The van der Waals surface area contributed by atoms with Crippen LogP contribution in [0.5, 0.6) is 5.75 Å². The number of benzene rings is 1. The Balaban J connectivity index is 1.61. The van der Waals surface area contributed by atoms with Crippen molar-refractivity contribution in [2.75, 3.05) is 23.4 Å². The summed E-state index contributed by atoms with van der Waals surface area (Å²) < 4.78 is 36.1. The number of H-pyrrole nitrogens is 1. The van der Waals surface area contributed by atoms with Crippen molar-refractivity contribution in [2.24, 2.45) is 0 Å². The molecule has 31 heavy (non-hydrogen) atoms. The number of nitrogens with zero attached hydrogens (tertiary/aromatic N) is 1. The van der Waals surface area contributed by atoms with E-state index in [2.05, 4.69) is 25.6 Å². The Kier molecular flexibility index (Phi) is 6.94. The van der Waals surface area contributed by atoms with Crippen LogP contribution in [0.1, 0.15) is 44.7 Å². The maximum atomic E-state index is 11.8. The Labute approximate surface area is 182 Å². The van der Waals surface area contributed by atoms with Gasteiger partial charge in [-0.05, 0) is 45.2 Å². The summed E-state index contributed by atoms with van der Waals surface area (Å²) in [6.45, 7) is 3.78. The van der Waals surface area contributed by atoms with E-state index in [1.54, 1.807) is 18.2 Å². The van der Waals surface area contributed by atoms with Crippen molar-refractivity contribution in [2.45, 2.75) is 51.2 Å². The predicted molar refractivity (Wildman–Crippen MR) is 118 cm³/mol. The van der Waals surface area contributed by atoms with Gasteiger partial charge >= 0.3 is 6.09 Å². The number of rotatable bonds is 8. The molecule has 1 heterocycles. The fourth-order valence-electron chi connectivity index (χ4n) is 3.56. The molecular formula is C20H29N5O5S. The number of carbonyl (C=O) groups is 1. The number of ether oxygens (including phenoxy) is 2. The summed E-state index contributed by atoms with van der Waals surface area (Å²) in [5.41, 5.74) is 2.03. The zero-order chi connectivity index (χ0) is 22.6. The van der Waals surface area contributed by atoms with E-state index >= 15 is 0 Å². The highest BCUT2D eigenvalue weighted by atomic mass is 32.2. The van der Waals surface area contributed by atoms with Gasteiger partial charge in [0.05, 0.1) is 19.1 Å². The predicted octanol–water partition coefficient (Wildman–Crippen LogP) is 3.30. The smallest absolute Gasteiger partial charge is 0.407 e. The third-order valence-corrected chi connectivity index (χ3v) is 5.46. The van der Waals surface area contributed by atoms with Crippen LogP contribution in [0, 0.1) is 0 Å². The standard InChI is InChI=1S/C20H29N5O5S/c1-12(2)21-20(26)30-15-7-5-13(9-15)17-11-19(24-23-17)22-14-6-8-16(18(10-14)29-3)25-31(4,27)28/h6,8,10-13,15,25H,5,7,9H2,1-4H3,(H,21,26)(H2,22,23,24). The average molecular weight is 452 g/mol. The molecule has 0 bridgehead atoms. The van der Waals surface area contributed by atoms with Crippen molar-refractivity contribution >= 4 is 33.3 Å². The lowest BCUT2D eigenvalue weighted by molar-refractivity contribution is 0.0981. The molecule has 1 aromatic heterocycles. The third kappa shape index (κ3) is 6.51. The van der Waals surface area contributed by atoms with Gasteiger partial charge in [0.15, 0.2) is 5.82 Å². The van der Waals surface area contributed by atoms with Crippen LogP contribution < -0.4 is 20.1 Å². The minimum atomic E-state index is -3.41. The van der Waals surface area contributed by atoms with Gasteiger partial charge in [0.2, 0.25) is 10.0 Å². The van der Waals surface area contributed by atoms with Crippen LogP contribution in [0.25, 0.3) is 0 Å². The minimum absolute atomic E-state index is 0.0424. The van der Waals surface area contributed by atoms with Crippen molar-refractivity contribution in [3.8, 4) is 5.75 Å². The molecule has 0 spiro atoms. The van der Waals surface area contributed by atoms with E-state index in [1.807, 2.05) is 19.9 Å². The number of methoxy groups -OCH3 is 1. The lowest BCUT2D eigenvalue weighted by atomic mass is 10.0. The number of amides is 1. The van der Waals surface area contributed by atoms with Crippen LogP contribution in [-0.2, 0) is 14.8 Å². The fraction of sp³-hybridized carbons (Fsp3) is 0.500. The molecule has 0 aliphatic heterocycles. The Hall–Kier alpha value is -2.95. The number of nitrogens with one attached hydrogen (secondary N) is 4. The first-order valence-corrected chi connectivity index (χ1v) is 12.0. The van der Waals surface area contributed by atoms with Gasteiger partial charge in [-0.15, -0.1) is 0 Å². The molecule has 1 aliphatic carbocycles. The van der Waals surface area contributed by atoms with Crippen LogP contribution in [0.15, 0.2) is 24.3 Å². The second-order valence-corrected chi connectivity index (χ2v) is 9.71. The van der Waals surface area contributed by atoms with Gasteiger partial charge in [0.25, 0.3) is 0 Å². The number of alkyl carbamates (subject to hydrolysis) is 1. The van der Waals surface area contributed by atoms with E-state index in [4.69, 9.17) is 9.47 Å². The van der Waals surface area contributed by atoms with Gasteiger partial charge in [-0.3, -0.25) is 9.82 Å². The monoisotopic (exact) mass is 451 g/mol. The van der Waals surface area contributed by atoms with Gasteiger partial charge in [-0.1, -0.05) is 0 Å². The molecule has 2 unspecified atom stereocenters. The molecule has 1 amide bonds. The topological polar surface area (TPSA) is 134 Å². The van der Waals surface area contributed by atoms with Crippen molar-refractivity contribution in [1.29, 1.82) is 0 Å². The molecule has 10 nitrogen and oxygen atoms in total. The lowest BCUT2D eigenvalue weighted by Crippen LogP contribution is -2.33. The molecule has 2 aromatic rings. The summed E-state index contributed by atoms with van der Waals surface area (Å²) in [7, 11) is -1.94. The SMILES string of the molecule is COc1cc(Nc2cc(C3CCC(OC(=O)NC(C)C)C3)[nH]n2)ccc1NS(C)(=O)=O. The van der Waals surface area contributed by atoms with E-state index in [1.165, 1.54) is 7.11 Å². The van der Waals surface area contributed by atoms with E-state index in [0.29, 0.717) is 22.9 Å². The number of aromatic nitrogens is 2. The second-order valence-electron chi connectivity index (χ2n) is 7.96. The van der Waals surface area contributed by atoms with E-state index in [-0.39, 0.29) is 24.2 Å². The summed E-state index contributed by atoms with van der Waals surface area (Å²) >= 11 is 0. The highest BCUT2D eigenvalue weighted by Crippen LogP contribution is 2.36. The van der Waals surface area contributed by atoms with Gasteiger partial charge in [0, 0.05) is 35.5 Å². The molecule has 170 valence electrons. The Bertz CT molecular complexity index is 1020. The highest BCUT2D eigenvalue weighted by Gasteiger charge is 2.30. The first-order chi connectivity index (χ1) is 14.6. The van der Waals surface area contributed by atoms with Crippen LogP contribution in [-0.4, -0.2) is 50.2 Å². The largest absolute Gasteiger partial charge is 0.494 e. The van der Waals surface area contributed by atoms with Crippen LogP contribution in [0.3, 0.4) is 0 Å². The molecule has 3 rings (SSSR count). The summed E-state index contributed by atoms with van der Waals surface area (Å²) in [6, 6.07) is 7.01.